The second kappa shape index (κ2) is 9.63. The molecule has 3 heterocycles. The summed E-state index contributed by atoms with van der Waals surface area (Å²) in [6, 6.07) is 18.4. The van der Waals surface area contributed by atoms with E-state index >= 15 is 0 Å². The minimum absolute atomic E-state index is 0.0510. The molecule has 1 atom stereocenters. The zero-order chi connectivity index (χ0) is 21.8. The number of likely N-dealkylation sites (tertiary alicyclic amines) is 1. The summed E-state index contributed by atoms with van der Waals surface area (Å²) in [5.41, 5.74) is 4.27. The largest absolute Gasteiger partial charge is 0.370 e. The molecule has 1 fully saturated rings. The van der Waals surface area contributed by atoms with E-state index in [1.54, 1.807) is 6.20 Å². The molecule has 5 rings (SSSR count). The monoisotopic (exact) mass is 427 g/mol. The van der Waals surface area contributed by atoms with Crippen molar-refractivity contribution in [1.29, 1.82) is 0 Å². The fraction of sp³-hybridized carbons (Fsp3) is 0.333. The van der Waals surface area contributed by atoms with Gasteiger partial charge in [-0.25, -0.2) is 0 Å². The number of hydrogen-bond donors (Lipinski definition) is 1. The normalized spacial score (nSPS) is 19.1. The molecule has 5 heteroatoms. The van der Waals surface area contributed by atoms with Gasteiger partial charge in [-0.15, -0.1) is 0 Å². The summed E-state index contributed by atoms with van der Waals surface area (Å²) in [6.07, 6.45) is 7.15. The van der Waals surface area contributed by atoms with Crippen molar-refractivity contribution in [3.63, 3.8) is 0 Å². The first kappa shape index (κ1) is 20.9. The van der Waals surface area contributed by atoms with Crippen LogP contribution in [0.2, 0.25) is 0 Å². The molecular formula is C27H29N3O2. The fourth-order valence-corrected chi connectivity index (χ4v) is 4.57. The topological polar surface area (TPSA) is 54.5 Å². The molecule has 2 aliphatic rings. The zero-order valence-corrected chi connectivity index (χ0v) is 18.3. The SMILES string of the molecule is O=C(c1ccc2cc(C3=CCCNC3)ccc2c1)N1CCCC(OCc2ccccn2)C1. The van der Waals surface area contributed by atoms with Crippen molar-refractivity contribution in [2.75, 3.05) is 26.2 Å². The van der Waals surface area contributed by atoms with Crippen molar-refractivity contribution >= 4 is 22.3 Å². The van der Waals surface area contributed by atoms with Crippen LogP contribution in [0.3, 0.4) is 0 Å². The van der Waals surface area contributed by atoms with Gasteiger partial charge in [-0.05, 0) is 78.0 Å². The van der Waals surface area contributed by atoms with E-state index in [9.17, 15) is 4.79 Å². The summed E-state index contributed by atoms with van der Waals surface area (Å²) in [5.74, 6) is 0.0845. The number of piperidine rings is 1. The first-order chi connectivity index (χ1) is 15.8. The number of carbonyl (C=O) groups excluding carboxylic acids is 1. The molecule has 1 unspecified atom stereocenters. The van der Waals surface area contributed by atoms with Crippen molar-refractivity contribution in [2.24, 2.45) is 0 Å². The number of fused-ring (bicyclic) bond motifs is 1. The van der Waals surface area contributed by atoms with Gasteiger partial charge in [0.2, 0.25) is 0 Å². The van der Waals surface area contributed by atoms with Crippen LogP contribution in [0.1, 0.15) is 40.9 Å². The number of aromatic nitrogens is 1. The minimum Gasteiger partial charge on any atom is -0.370 e. The maximum absolute atomic E-state index is 13.2. The second-order valence-corrected chi connectivity index (χ2v) is 8.62. The standard InChI is InChI=1S/C27H29N3O2/c31-27(30-14-4-7-26(18-30)32-19-25-6-1-2-13-29-25)23-11-10-20-15-22(9-8-21(20)16-23)24-5-3-12-28-17-24/h1-2,5-6,8-11,13,15-16,26,28H,3-4,7,12,14,17-19H2. The maximum atomic E-state index is 13.2. The van der Waals surface area contributed by atoms with Crippen LogP contribution >= 0.6 is 0 Å². The Morgan fingerprint density at radius 3 is 2.88 bits per heavy atom. The van der Waals surface area contributed by atoms with Gasteiger partial charge in [-0.1, -0.05) is 30.3 Å². The second-order valence-electron chi connectivity index (χ2n) is 8.62. The van der Waals surface area contributed by atoms with Crippen LogP contribution in [0.25, 0.3) is 16.3 Å². The Morgan fingerprint density at radius 1 is 1.12 bits per heavy atom. The van der Waals surface area contributed by atoms with Crippen molar-refractivity contribution in [3.8, 4) is 0 Å². The number of amides is 1. The average Bonchev–Trinajstić information content (AvgIpc) is 2.88. The zero-order valence-electron chi connectivity index (χ0n) is 18.3. The Hall–Kier alpha value is -3.02. The van der Waals surface area contributed by atoms with Crippen molar-refractivity contribution in [1.82, 2.24) is 15.2 Å². The number of ether oxygens (including phenoxy) is 1. The highest BCUT2D eigenvalue weighted by Gasteiger charge is 2.25. The lowest BCUT2D eigenvalue weighted by Crippen LogP contribution is -2.43. The third-order valence-corrected chi connectivity index (χ3v) is 6.34. The molecule has 1 amide bonds. The van der Waals surface area contributed by atoms with E-state index in [-0.39, 0.29) is 12.0 Å². The van der Waals surface area contributed by atoms with Crippen LogP contribution in [0.4, 0.5) is 0 Å². The first-order valence-corrected chi connectivity index (χ1v) is 11.5. The molecule has 1 N–H and O–H groups in total. The van der Waals surface area contributed by atoms with Crippen molar-refractivity contribution in [2.45, 2.75) is 32.0 Å². The maximum Gasteiger partial charge on any atom is 0.253 e. The van der Waals surface area contributed by atoms with Crippen LogP contribution in [-0.2, 0) is 11.3 Å². The molecule has 1 aromatic heterocycles. The Bertz CT molecular complexity index is 1130. The Kier molecular flexibility index (Phi) is 6.28. The molecule has 1 saturated heterocycles. The summed E-state index contributed by atoms with van der Waals surface area (Å²) in [7, 11) is 0. The molecular weight excluding hydrogens is 398 g/mol. The third-order valence-electron chi connectivity index (χ3n) is 6.34. The van der Waals surface area contributed by atoms with Gasteiger partial charge < -0.3 is 15.0 Å². The Morgan fingerprint density at radius 2 is 2.03 bits per heavy atom. The van der Waals surface area contributed by atoms with Gasteiger partial charge in [-0.2, -0.15) is 0 Å². The molecule has 0 saturated carbocycles. The van der Waals surface area contributed by atoms with Crippen LogP contribution in [0.5, 0.6) is 0 Å². The smallest absolute Gasteiger partial charge is 0.253 e. The summed E-state index contributed by atoms with van der Waals surface area (Å²) in [4.78, 5) is 19.5. The minimum atomic E-state index is 0.0510. The highest BCUT2D eigenvalue weighted by molar-refractivity contribution is 5.99. The Balaban J connectivity index is 1.26. The van der Waals surface area contributed by atoms with E-state index in [1.807, 2.05) is 35.2 Å². The van der Waals surface area contributed by atoms with E-state index in [4.69, 9.17) is 4.74 Å². The highest BCUT2D eigenvalue weighted by atomic mass is 16.5. The van der Waals surface area contributed by atoms with Gasteiger partial charge >= 0.3 is 0 Å². The Labute approximate surface area is 189 Å². The number of rotatable bonds is 5. The lowest BCUT2D eigenvalue weighted by atomic mass is 9.97. The summed E-state index contributed by atoms with van der Waals surface area (Å²) >= 11 is 0. The molecule has 5 nitrogen and oxygen atoms in total. The molecule has 0 spiro atoms. The van der Waals surface area contributed by atoms with E-state index in [0.717, 1.165) is 55.5 Å². The van der Waals surface area contributed by atoms with Gasteiger partial charge in [-0.3, -0.25) is 9.78 Å². The molecule has 0 aliphatic carbocycles. The lowest BCUT2D eigenvalue weighted by Gasteiger charge is -2.32. The van der Waals surface area contributed by atoms with Crippen molar-refractivity contribution in [3.05, 3.63) is 83.7 Å². The van der Waals surface area contributed by atoms with Crippen LogP contribution in [0, 0.1) is 0 Å². The predicted octanol–water partition coefficient (Wildman–Crippen LogP) is 4.43. The number of nitrogens with one attached hydrogen (secondary N) is 1. The number of carbonyl (C=O) groups is 1. The average molecular weight is 428 g/mol. The molecule has 3 aromatic rings. The van der Waals surface area contributed by atoms with Gasteiger partial charge in [0, 0.05) is 31.4 Å². The molecule has 164 valence electrons. The van der Waals surface area contributed by atoms with Crippen molar-refractivity contribution < 1.29 is 9.53 Å². The highest BCUT2D eigenvalue weighted by Crippen LogP contribution is 2.25. The number of benzene rings is 2. The van der Waals surface area contributed by atoms with E-state index in [2.05, 4.69) is 40.6 Å². The lowest BCUT2D eigenvalue weighted by molar-refractivity contribution is -0.00784. The summed E-state index contributed by atoms with van der Waals surface area (Å²) in [5, 5.41) is 5.70. The van der Waals surface area contributed by atoms with Gasteiger partial charge in [0.1, 0.15) is 0 Å². The fourth-order valence-electron chi connectivity index (χ4n) is 4.57. The summed E-state index contributed by atoms with van der Waals surface area (Å²) in [6.45, 7) is 3.86. The molecule has 0 radical (unpaired) electrons. The summed E-state index contributed by atoms with van der Waals surface area (Å²) < 4.78 is 6.06. The number of pyridine rings is 1. The number of nitrogens with zero attached hydrogens (tertiary/aromatic N) is 2. The number of hydrogen-bond acceptors (Lipinski definition) is 4. The van der Waals surface area contributed by atoms with Gasteiger partial charge in [0.15, 0.2) is 0 Å². The molecule has 32 heavy (non-hydrogen) atoms. The van der Waals surface area contributed by atoms with E-state index in [1.165, 1.54) is 16.5 Å². The van der Waals surface area contributed by atoms with Gasteiger partial charge in [0.25, 0.3) is 5.91 Å². The first-order valence-electron chi connectivity index (χ1n) is 11.5. The van der Waals surface area contributed by atoms with E-state index < -0.39 is 0 Å². The predicted molar refractivity (Wildman–Crippen MR) is 127 cm³/mol. The van der Waals surface area contributed by atoms with Gasteiger partial charge in [0.05, 0.1) is 18.4 Å². The molecule has 2 aromatic carbocycles. The molecule has 0 bridgehead atoms. The van der Waals surface area contributed by atoms with Crippen LogP contribution < -0.4 is 5.32 Å². The quantitative estimate of drug-likeness (QED) is 0.654. The van der Waals surface area contributed by atoms with Crippen LogP contribution in [0.15, 0.2) is 66.9 Å². The third kappa shape index (κ3) is 4.74. The van der Waals surface area contributed by atoms with Crippen LogP contribution in [-0.4, -0.2) is 48.1 Å². The van der Waals surface area contributed by atoms with E-state index in [0.29, 0.717) is 13.2 Å². The molecule has 2 aliphatic heterocycles.